The van der Waals surface area contributed by atoms with Crippen molar-refractivity contribution >= 4 is 17.6 Å². The summed E-state index contributed by atoms with van der Waals surface area (Å²) in [5.41, 5.74) is 4.83. The molecule has 1 atom stereocenters. The van der Waals surface area contributed by atoms with Crippen LogP contribution >= 0.6 is 0 Å². The topological polar surface area (TPSA) is 61.4 Å². The van der Waals surface area contributed by atoms with Crippen LogP contribution in [0, 0.1) is 6.92 Å². The summed E-state index contributed by atoms with van der Waals surface area (Å²) < 4.78 is 0. The lowest BCUT2D eigenvalue weighted by molar-refractivity contribution is 0.0950. The second-order valence-corrected chi connectivity index (χ2v) is 8.32. The molecule has 0 aliphatic carbocycles. The third-order valence-corrected chi connectivity index (χ3v) is 6.05. The number of nitrogens with one attached hydrogen (secondary N) is 2. The van der Waals surface area contributed by atoms with Crippen molar-refractivity contribution in [3.8, 4) is 0 Å². The molecule has 0 spiro atoms. The zero-order valence-electron chi connectivity index (χ0n) is 18.4. The van der Waals surface area contributed by atoms with Crippen molar-refractivity contribution in [1.82, 2.24) is 10.2 Å². The van der Waals surface area contributed by atoms with E-state index in [0.29, 0.717) is 18.7 Å². The van der Waals surface area contributed by atoms with E-state index in [1.54, 1.807) is 0 Å². The number of nitrogens with zero attached hydrogens (tertiary/aromatic N) is 1. The molecule has 3 aromatic rings. The number of hydrogen-bond donors (Lipinski definition) is 2. The molecular weight excluding hydrogens is 398 g/mol. The first kappa shape index (κ1) is 21.6. The van der Waals surface area contributed by atoms with E-state index in [-0.39, 0.29) is 17.9 Å². The largest absolute Gasteiger partial charge is 0.348 e. The molecule has 0 radical (unpaired) electrons. The molecule has 1 aliphatic rings. The summed E-state index contributed by atoms with van der Waals surface area (Å²) in [6.45, 7) is 3.94. The maximum absolute atomic E-state index is 12.8. The predicted molar refractivity (Wildman–Crippen MR) is 128 cm³/mol. The van der Waals surface area contributed by atoms with E-state index in [9.17, 15) is 9.59 Å². The minimum absolute atomic E-state index is 0.0759. The van der Waals surface area contributed by atoms with Gasteiger partial charge in [-0.1, -0.05) is 54.6 Å². The van der Waals surface area contributed by atoms with Crippen LogP contribution in [0.1, 0.15) is 45.8 Å². The summed E-state index contributed by atoms with van der Waals surface area (Å²) in [6.07, 6.45) is 1.94. The number of hydrogen-bond acceptors (Lipinski definition) is 2. The van der Waals surface area contributed by atoms with Gasteiger partial charge in [0.1, 0.15) is 0 Å². The van der Waals surface area contributed by atoms with Crippen LogP contribution in [0.25, 0.3) is 0 Å². The smallest absolute Gasteiger partial charge is 0.321 e. The lowest BCUT2D eigenvalue weighted by atomic mass is 9.89. The van der Waals surface area contributed by atoms with E-state index in [4.69, 9.17) is 0 Å². The first-order valence-corrected chi connectivity index (χ1v) is 11.1. The van der Waals surface area contributed by atoms with E-state index in [1.165, 1.54) is 0 Å². The molecule has 164 valence electrons. The van der Waals surface area contributed by atoms with E-state index in [1.807, 2.05) is 84.6 Å². The summed E-state index contributed by atoms with van der Waals surface area (Å²) in [5.74, 6) is 0.138. The number of urea groups is 1. The maximum Gasteiger partial charge on any atom is 0.321 e. The quantitative estimate of drug-likeness (QED) is 0.578. The second kappa shape index (κ2) is 10.1. The lowest BCUT2D eigenvalue weighted by Crippen LogP contribution is -2.41. The SMILES string of the molecule is Cc1ccccc1CNC(=O)c1cccc(C2CCCN(C(=O)Nc3ccccc3)C2)c1. The Morgan fingerprint density at radius 2 is 1.75 bits per heavy atom. The van der Waals surface area contributed by atoms with Gasteiger partial charge < -0.3 is 15.5 Å². The third kappa shape index (κ3) is 5.35. The Hall–Kier alpha value is -3.60. The van der Waals surface area contributed by atoms with Crippen molar-refractivity contribution in [2.24, 2.45) is 0 Å². The van der Waals surface area contributed by atoms with Crippen molar-refractivity contribution in [2.45, 2.75) is 32.2 Å². The Labute approximate surface area is 189 Å². The van der Waals surface area contributed by atoms with Crippen LogP contribution in [0.4, 0.5) is 10.5 Å². The molecule has 2 N–H and O–H groups in total. The molecule has 1 aliphatic heterocycles. The number of aryl methyl sites for hydroxylation is 1. The fourth-order valence-corrected chi connectivity index (χ4v) is 4.18. The number of benzene rings is 3. The van der Waals surface area contributed by atoms with Crippen molar-refractivity contribution < 1.29 is 9.59 Å². The van der Waals surface area contributed by atoms with Gasteiger partial charge >= 0.3 is 6.03 Å². The Morgan fingerprint density at radius 1 is 0.969 bits per heavy atom. The van der Waals surface area contributed by atoms with Gasteiger partial charge in [0.05, 0.1) is 0 Å². The third-order valence-electron chi connectivity index (χ3n) is 6.05. The molecule has 0 saturated carbocycles. The molecule has 4 rings (SSSR count). The maximum atomic E-state index is 12.8. The van der Waals surface area contributed by atoms with Gasteiger partial charge in [-0.25, -0.2) is 4.79 Å². The summed E-state index contributed by atoms with van der Waals surface area (Å²) >= 11 is 0. The van der Waals surface area contributed by atoms with Crippen LogP contribution < -0.4 is 10.6 Å². The summed E-state index contributed by atoms with van der Waals surface area (Å²) in [5, 5.41) is 6.00. The molecule has 5 nitrogen and oxygen atoms in total. The van der Waals surface area contributed by atoms with Crippen LogP contribution in [0.3, 0.4) is 0 Å². The van der Waals surface area contributed by atoms with Crippen LogP contribution in [0.5, 0.6) is 0 Å². The fourth-order valence-electron chi connectivity index (χ4n) is 4.18. The molecule has 1 unspecified atom stereocenters. The molecule has 1 heterocycles. The van der Waals surface area contributed by atoms with Gasteiger partial charge in [0.2, 0.25) is 0 Å². The van der Waals surface area contributed by atoms with E-state index >= 15 is 0 Å². The first-order chi connectivity index (χ1) is 15.6. The first-order valence-electron chi connectivity index (χ1n) is 11.1. The van der Waals surface area contributed by atoms with Crippen LogP contribution in [-0.2, 0) is 6.54 Å². The van der Waals surface area contributed by atoms with Crippen LogP contribution in [0.2, 0.25) is 0 Å². The fraction of sp³-hybridized carbons (Fsp3) is 0.259. The van der Waals surface area contributed by atoms with Gasteiger partial charge in [-0.3, -0.25) is 4.79 Å². The number of para-hydroxylation sites is 1. The minimum atomic E-state index is -0.0791. The highest BCUT2D eigenvalue weighted by Crippen LogP contribution is 2.28. The monoisotopic (exact) mass is 427 g/mol. The Bertz CT molecular complexity index is 1080. The Kier molecular flexibility index (Phi) is 6.85. The van der Waals surface area contributed by atoms with E-state index < -0.39 is 0 Å². The highest BCUT2D eigenvalue weighted by Gasteiger charge is 2.25. The summed E-state index contributed by atoms with van der Waals surface area (Å²) in [6, 6.07) is 25.3. The van der Waals surface area contributed by atoms with Crippen LogP contribution in [-0.4, -0.2) is 29.9 Å². The zero-order chi connectivity index (χ0) is 22.3. The van der Waals surface area contributed by atoms with Gasteiger partial charge in [0.15, 0.2) is 0 Å². The molecule has 3 aromatic carbocycles. The average Bonchev–Trinajstić information content (AvgIpc) is 2.84. The van der Waals surface area contributed by atoms with Gasteiger partial charge in [-0.15, -0.1) is 0 Å². The highest BCUT2D eigenvalue weighted by atomic mass is 16.2. The number of piperidine rings is 1. The molecule has 0 aromatic heterocycles. The number of likely N-dealkylation sites (tertiary alicyclic amines) is 1. The molecule has 5 heteroatoms. The molecular formula is C27H29N3O2. The minimum Gasteiger partial charge on any atom is -0.348 e. The van der Waals surface area contributed by atoms with E-state index in [0.717, 1.165) is 41.8 Å². The standard InChI is InChI=1S/C27H29N3O2/c1-20-9-5-6-10-23(20)18-28-26(31)22-12-7-11-21(17-22)24-13-8-16-30(19-24)27(32)29-25-14-3-2-4-15-25/h2-7,9-12,14-15,17,24H,8,13,16,18-19H2,1H3,(H,28,31)(H,29,32). The summed E-state index contributed by atoms with van der Waals surface area (Å²) in [7, 11) is 0. The van der Waals surface area contributed by atoms with Gasteiger partial charge in [-0.05, 0) is 60.7 Å². The Morgan fingerprint density at radius 3 is 2.56 bits per heavy atom. The highest BCUT2D eigenvalue weighted by molar-refractivity contribution is 5.94. The predicted octanol–water partition coefficient (Wildman–Crippen LogP) is 5.34. The second-order valence-electron chi connectivity index (χ2n) is 8.32. The molecule has 32 heavy (non-hydrogen) atoms. The number of rotatable bonds is 5. The normalized spacial score (nSPS) is 15.8. The molecule has 3 amide bonds. The molecule has 1 fully saturated rings. The van der Waals surface area contributed by atoms with Gasteiger partial charge in [0.25, 0.3) is 5.91 Å². The van der Waals surface area contributed by atoms with Crippen molar-refractivity contribution in [3.63, 3.8) is 0 Å². The zero-order valence-corrected chi connectivity index (χ0v) is 18.4. The van der Waals surface area contributed by atoms with Gasteiger partial charge in [0, 0.05) is 36.8 Å². The number of anilines is 1. The number of amides is 3. The molecule has 0 bridgehead atoms. The van der Waals surface area contributed by atoms with Gasteiger partial charge in [-0.2, -0.15) is 0 Å². The molecule has 1 saturated heterocycles. The van der Waals surface area contributed by atoms with Crippen LogP contribution in [0.15, 0.2) is 78.9 Å². The average molecular weight is 428 g/mol. The van der Waals surface area contributed by atoms with E-state index in [2.05, 4.69) is 16.7 Å². The number of carbonyl (C=O) groups is 2. The lowest BCUT2D eigenvalue weighted by Gasteiger charge is -2.33. The van der Waals surface area contributed by atoms with Crippen molar-refractivity contribution in [1.29, 1.82) is 0 Å². The van der Waals surface area contributed by atoms with Crippen molar-refractivity contribution in [2.75, 3.05) is 18.4 Å². The summed E-state index contributed by atoms with van der Waals surface area (Å²) in [4.78, 5) is 27.3. The van der Waals surface area contributed by atoms with Crippen molar-refractivity contribution in [3.05, 3.63) is 101 Å². The number of carbonyl (C=O) groups excluding carboxylic acids is 2. The Balaban J connectivity index is 1.39.